The highest BCUT2D eigenvalue weighted by Crippen LogP contribution is 2.30. The number of hydrogen-bond donors (Lipinski definition) is 2. The molecule has 3 rings (SSSR count). The Morgan fingerprint density at radius 3 is 3.00 bits per heavy atom. The molecule has 7 nitrogen and oxygen atoms in total. The molecular formula is C16H19N3O4. The Labute approximate surface area is 133 Å². The van der Waals surface area contributed by atoms with Gasteiger partial charge in [0.2, 0.25) is 11.7 Å². The van der Waals surface area contributed by atoms with Crippen molar-refractivity contribution in [3.63, 3.8) is 0 Å². The van der Waals surface area contributed by atoms with Gasteiger partial charge in [-0.25, -0.2) is 4.98 Å². The van der Waals surface area contributed by atoms with Crippen molar-refractivity contribution in [2.45, 2.75) is 26.6 Å². The van der Waals surface area contributed by atoms with Crippen molar-refractivity contribution < 1.29 is 19.3 Å². The fraction of sp³-hybridized carbons (Fsp3) is 0.375. The zero-order chi connectivity index (χ0) is 16.4. The van der Waals surface area contributed by atoms with Crippen molar-refractivity contribution in [3.05, 3.63) is 35.4 Å². The van der Waals surface area contributed by atoms with E-state index < -0.39 is 6.10 Å². The van der Waals surface area contributed by atoms with E-state index in [-0.39, 0.29) is 6.61 Å². The van der Waals surface area contributed by atoms with E-state index in [0.717, 1.165) is 10.2 Å². The summed E-state index contributed by atoms with van der Waals surface area (Å²) in [6, 6.07) is 5.24. The van der Waals surface area contributed by atoms with Gasteiger partial charge in [-0.2, -0.15) is 4.73 Å². The lowest BCUT2D eigenvalue weighted by Crippen LogP contribution is -2.26. The number of benzene rings is 1. The van der Waals surface area contributed by atoms with E-state index in [1.807, 2.05) is 6.92 Å². The van der Waals surface area contributed by atoms with Gasteiger partial charge in [0.1, 0.15) is 30.2 Å². The molecule has 0 spiro atoms. The lowest BCUT2D eigenvalue weighted by atomic mass is 10.1. The highest BCUT2D eigenvalue weighted by Gasteiger charge is 2.18. The Kier molecular flexibility index (Phi) is 4.31. The second kappa shape index (κ2) is 6.39. The first-order chi connectivity index (χ1) is 11.1. The molecule has 7 heteroatoms. The van der Waals surface area contributed by atoms with Crippen LogP contribution in [0.25, 0.3) is 21.9 Å². The Morgan fingerprint density at radius 1 is 1.43 bits per heavy atom. The molecule has 0 radical (unpaired) electrons. The number of aromatic nitrogens is 3. The van der Waals surface area contributed by atoms with Crippen molar-refractivity contribution in [1.29, 1.82) is 0 Å². The Balaban J connectivity index is 2.16. The van der Waals surface area contributed by atoms with Crippen LogP contribution < -0.4 is 9.47 Å². The molecular weight excluding hydrogens is 298 g/mol. The summed E-state index contributed by atoms with van der Waals surface area (Å²) < 4.78 is 11.8. The third kappa shape index (κ3) is 3.06. The third-order valence-corrected chi connectivity index (χ3v) is 3.43. The molecule has 2 heterocycles. The van der Waals surface area contributed by atoms with Crippen molar-refractivity contribution in [3.8, 4) is 5.75 Å². The topological polar surface area (TPSA) is 94.3 Å². The minimum absolute atomic E-state index is 0.147. The summed E-state index contributed by atoms with van der Waals surface area (Å²) in [5, 5.41) is 22.3. The maximum Gasteiger partial charge on any atom is 0.229 e. The molecule has 122 valence electrons. The largest absolute Gasteiger partial charge is 0.618 e. The van der Waals surface area contributed by atoms with E-state index in [1.165, 1.54) is 6.20 Å². The van der Waals surface area contributed by atoms with Gasteiger partial charge in [0.25, 0.3) is 0 Å². The van der Waals surface area contributed by atoms with E-state index in [2.05, 4.69) is 9.97 Å². The number of aliphatic hydroxyl groups excluding tert-OH is 1. The molecule has 1 aromatic carbocycles. The average molecular weight is 317 g/mol. The zero-order valence-electron chi connectivity index (χ0n) is 13.1. The van der Waals surface area contributed by atoms with Crippen LogP contribution in [0.5, 0.6) is 5.75 Å². The molecule has 0 saturated carbocycles. The number of aliphatic hydroxyl groups is 1. The molecule has 2 aromatic heterocycles. The van der Waals surface area contributed by atoms with Crippen LogP contribution in [0.3, 0.4) is 0 Å². The van der Waals surface area contributed by atoms with E-state index in [1.54, 1.807) is 25.1 Å². The fourth-order valence-corrected chi connectivity index (χ4v) is 2.45. The smallest absolute Gasteiger partial charge is 0.229 e. The number of fused-ring (bicyclic) bond motifs is 3. The van der Waals surface area contributed by atoms with Crippen LogP contribution in [-0.2, 0) is 11.3 Å². The van der Waals surface area contributed by atoms with Gasteiger partial charge in [-0.05, 0) is 19.9 Å². The van der Waals surface area contributed by atoms with Gasteiger partial charge >= 0.3 is 0 Å². The minimum Gasteiger partial charge on any atom is -0.618 e. The van der Waals surface area contributed by atoms with Gasteiger partial charge in [-0.1, -0.05) is 6.07 Å². The standard InChI is InChI=1S/C16H19N3O4/c1-3-22-9-14-17-11-7-19(21)12-5-4-6-13(23-8-10(2)20)15(12)16(11)18-14/h4-7,10,20H,3,8-9H2,1-2H3,(H,17,18). The molecule has 0 bridgehead atoms. The number of nitrogens with zero attached hydrogens (tertiary/aromatic N) is 2. The number of rotatable bonds is 6. The van der Waals surface area contributed by atoms with Crippen molar-refractivity contribution >= 4 is 21.9 Å². The lowest BCUT2D eigenvalue weighted by Gasteiger charge is -2.11. The fourth-order valence-electron chi connectivity index (χ4n) is 2.45. The monoisotopic (exact) mass is 317 g/mol. The summed E-state index contributed by atoms with van der Waals surface area (Å²) in [4.78, 5) is 7.59. The van der Waals surface area contributed by atoms with E-state index in [4.69, 9.17) is 9.47 Å². The summed E-state index contributed by atoms with van der Waals surface area (Å²) >= 11 is 0. The molecule has 0 aliphatic heterocycles. The van der Waals surface area contributed by atoms with Gasteiger partial charge in [0, 0.05) is 12.7 Å². The first kappa shape index (κ1) is 15.5. The maximum atomic E-state index is 12.2. The second-order valence-corrected chi connectivity index (χ2v) is 5.35. The molecule has 3 aromatic rings. The van der Waals surface area contributed by atoms with Crippen molar-refractivity contribution in [2.75, 3.05) is 13.2 Å². The van der Waals surface area contributed by atoms with Crippen LogP contribution in [0.15, 0.2) is 24.4 Å². The maximum absolute atomic E-state index is 12.2. The molecule has 23 heavy (non-hydrogen) atoms. The van der Waals surface area contributed by atoms with Gasteiger partial charge in [0.05, 0.1) is 11.6 Å². The summed E-state index contributed by atoms with van der Waals surface area (Å²) in [5.74, 6) is 1.19. The number of ether oxygens (including phenoxy) is 2. The summed E-state index contributed by atoms with van der Waals surface area (Å²) in [5.41, 5.74) is 1.76. The molecule has 0 saturated heterocycles. The summed E-state index contributed by atoms with van der Waals surface area (Å²) in [6.07, 6.45) is 0.835. The summed E-state index contributed by atoms with van der Waals surface area (Å²) in [7, 11) is 0. The Hall–Kier alpha value is -2.38. The van der Waals surface area contributed by atoms with Crippen LogP contribution in [0.2, 0.25) is 0 Å². The van der Waals surface area contributed by atoms with Crippen LogP contribution in [0.1, 0.15) is 19.7 Å². The second-order valence-electron chi connectivity index (χ2n) is 5.35. The number of H-pyrrole nitrogens is 1. The van der Waals surface area contributed by atoms with Gasteiger partial charge in [-0.15, -0.1) is 0 Å². The third-order valence-electron chi connectivity index (χ3n) is 3.43. The number of aromatic amines is 1. The molecule has 1 atom stereocenters. The molecule has 1 unspecified atom stereocenters. The van der Waals surface area contributed by atoms with Crippen LogP contribution in [0, 0.1) is 5.21 Å². The van der Waals surface area contributed by atoms with Crippen LogP contribution >= 0.6 is 0 Å². The first-order valence-corrected chi connectivity index (χ1v) is 7.52. The van der Waals surface area contributed by atoms with E-state index >= 15 is 0 Å². The van der Waals surface area contributed by atoms with Gasteiger partial charge in [-0.3, -0.25) is 0 Å². The highest BCUT2D eigenvalue weighted by atomic mass is 16.5. The predicted octanol–water partition coefficient (Wildman–Crippen LogP) is 1.65. The Morgan fingerprint density at radius 2 is 2.26 bits per heavy atom. The SMILES string of the molecule is CCOCc1nc2c[n+]([O-])c3cccc(OCC(C)O)c3c2[nH]1. The lowest BCUT2D eigenvalue weighted by molar-refractivity contribution is -0.575. The normalized spacial score (nSPS) is 12.8. The highest BCUT2D eigenvalue weighted by molar-refractivity contribution is 6.03. The molecule has 0 aliphatic rings. The first-order valence-electron chi connectivity index (χ1n) is 7.52. The number of imidazole rings is 1. The van der Waals surface area contributed by atoms with Crippen LogP contribution in [0.4, 0.5) is 0 Å². The minimum atomic E-state index is -0.598. The molecule has 0 aliphatic carbocycles. The average Bonchev–Trinajstić information content (AvgIpc) is 2.93. The molecule has 2 N–H and O–H groups in total. The summed E-state index contributed by atoms with van der Waals surface area (Å²) in [6.45, 7) is 4.63. The predicted molar refractivity (Wildman–Crippen MR) is 85.1 cm³/mol. The molecule has 0 amide bonds. The zero-order valence-corrected chi connectivity index (χ0v) is 13.1. The number of hydrogen-bond acceptors (Lipinski definition) is 5. The number of nitrogens with one attached hydrogen (secondary N) is 1. The quantitative estimate of drug-likeness (QED) is 0.532. The van der Waals surface area contributed by atoms with Crippen LogP contribution in [-0.4, -0.2) is 34.4 Å². The van der Waals surface area contributed by atoms with Gasteiger partial charge < -0.3 is 24.8 Å². The van der Waals surface area contributed by atoms with Crippen molar-refractivity contribution in [1.82, 2.24) is 9.97 Å². The van der Waals surface area contributed by atoms with E-state index in [9.17, 15) is 10.3 Å². The van der Waals surface area contributed by atoms with E-state index in [0.29, 0.717) is 41.2 Å². The molecule has 0 fully saturated rings. The number of pyridine rings is 1. The van der Waals surface area contributed by atoms with Crippen molar-refractivity contribution in [2.24, 2.45) is 0 Å². The van der Waals surface area contributed by atoms with Gasteiger partial charge in [0.15, 0.2) is 5.52 Å². The Bertz CT molecular complexity index is 829.